The molecule has 0 bridgehead atoms. The van der Waals surface area contributed by atoms with Crippen LogP contribution in [-0.2, 0) is 13.8 Å². The first-order valence-corrected chi connectivity index (χ1v) is 5.24. The number of aliphatic hydroxyl groups is 3. The van der Waals surface area contributed by atoms with Gasteiger partial charge in [-0.3, -0.25) is 4.52 Å². The molecule has 0 aromatic heterocycles. The molecule has 1 rings (SSSR count). The third-order valence-electron chi connectivity index (χ3n) is 1.74. The Morgan fingerprint density at radius 1 is 1.29 bits per heavy atom. The Bertz CT molecular complexity index is 238. The zero-order valence-electron chi connectivity index (χ0n) is 6.92. The number of ether oxygens (including phenoxy) is 1. The number of phosphoric acid groups is 1. The van der Waals surface area contributed by atoms with E-state index in [1.54, 1.807) is 0 Å². The van der Waals surface area contributed by atoms with E-state index in [0.717, 1.165) is 0 Å². The van der Waals surface area contributed by atoms with Crippen molar-refractivity contribution in [2.45, 2.75) is 24.6 Å². The molecule has 0 radical (unpaired) electrons. The first kappa shape index (κ1) is 12.0. The van der Waals surface area contributed by atoms with Crippen molar-refractivity contribution in [3.63, 3.8) is 0 Å². The maximum Gasteiger partial charge on any atom is 0.472 e. The van der Waals surface area contributed by atoms with Crippen molar-refractivity contribution < 1.29 is 38.9 Å². The van der Waals surface area contributed by atoms with Gasteiger partial charge >= 0.3 is 7.82 Å². The van der Waals surface area contributed by atoms with E-state index in [4.69, 9.17) is 25.1 Å². The minimum atomic E-state index is -4.79. The van der Waals surface area contributed by atoms with Gasteiger partial charge in [0.1, 0.15) is 18.3 Å². The Hall–Kier alpha value is -0.0500. The quantitative estimate of drug-likeness (QED) is 0.336. The highest BCUT2D eigenvalue weighted by Crippen LogP contribution is 2.40. The Labute approximate surface area is 78.9 Å². The fourth-order valence-corrected chi connectivity index (χ4v) is 1.53. The lowest BCUT2D eigenvalue weighted by molar-refractivity contribution is -0.126. The highest BCUT2D eigenvalue weighted by molar-refractivity contribution is 7.46. The molecule has 0 aromatic rings. The van der Waals surface area contributed by atoms with Crippen molar-refractivity contribution in [3.05, 3.63) is 0 Å². The third kappa shape index (κ3) is 2.72. The van der Waals surface area contributed by atoms with Crippen LogP contribution in [0.5, 0.6) is 0 Å². The van der Waals surface area contributed by atoms with Crippen molar-refractivity contribution in [1.29, 1.82) is 0 Å². The van der Waals surface area contributed by atoms with Gasteiger partial charge in [0.25, 0.3) is 0 Å². The Morgan fingerprint density at radius 3 is 2.21 bits per heavy atom. The maximum atomic E-state index is 10.4. The van der Waals surface area contributed by atoms with Gasteiger partial charge in [0.05, 0.1) is 6.61 Å². The summed E-state index contributed by atoms with van der Waals surface area (Å²) in [5, 5.41) is 26.9. The summed E-state index contributed by atoms with van der Waals surface area (Å²) in [4.78, 5) is 16.8. The van der Waals surface area contributed by atoms with Crippen LogP contribution in [0, 0.1) is 0 Å². The molecule has 1 aliphatic heterocycles. The standard InChI is InChI=1S/C5H11O8P/c6-1-2-3(7)4(8)5(12-2)13-14(9,10)11/h2-8H,1H2,(H2,9,10,11)/t2-,3-,4+,5+/m0/s1. The molecule has 5 N–H and O–H groups in total. The Balaban J connectivity index is 2.61. The largest absolute Gasteiger partial charge is 0.472 e. The second-order valence-corrected chi connectivity index (χ2v) is 3.99. The molecule has 0 spiro atoms. The van der Waals surface area contributed by atoms with Crippen molar-refractivity contribution in [2.24, 2.45) is 0 Å². The van der Waals surface area contributed by atoms with Gasteiger partial charge in [-0.2, -0.15) is 0 Å². The molecule has 1 fully saturated rings. The zero-order chi connectivity index (χ0) is 10.9. The molecule has 8 nitrogen and oxygen atoms in total. The average molecular weight is 230 g/mol. The summed E-state index contributed by atoms with van der Waals surface area (Å²) < 4.78 is 19.1. The van der Waals surface area contributed by atoms with Gasteiger partial charge in [0, 0.05) is 0 Å². The SMILES string of the molecule is O=P(O)(O)O[C@H]1O[C@@H](CO)[C@H](O)[C@H]1O. The molecule has 0 amide bonds. The van der Waals surface area contributed by atoms with Crippen molar-refractivity contribution in [2.75, 3.05) is 6.61 Å². The topological polar surface area (TPSA) is 137 Å². The first-order valence-electron chi connectivity index (χ1n) is 3.71. The van der Waals surface area contributed by atoms with Gasteiger partial charge in [-0.05, 0) is 0 Å². The number of hydrogen-bond acceptors (Lipinski definition) is 6. The van der Waals surface area contributed by atoms with E-state index >= 15 is 0 Å². The highest BCUT2D eigenvalue weighted by atomic mass is 31.2. The minimum Gasteiger partial charge on any atom is -0.394 e. The normalized spacial score (nSPS) is 38.9. The van der Waals surface area contributed by atoms with Gasteiger partial charge in [-0.1, -0.05) is 0 Å². The molecular formula is C5H11O8P. The lowest BCUT2D eigenvalue weighted by Crippen LogP contribution is -2.34. The first-order chi connectivity index (χ1) is 6.35. The van der Waals surface area contributed by atoms with E-state index in [9.17, 15) is 4.57 Å². The van der Waals surface area contributed by atoms with Crippen LogP contribution in [0.25, 0.3) is 0 Å². The van der Waals surface area contributed by atoms with Crippen LogP contribution in [0.15, 0.2) is 0 Å². The fraction of sp³-hybridized carbons (Fsp3) is 1.00. The molecule has 0 aliphatic carbocycles. The summed E-state index contributed by atoms with van der Waals surface area (Å²) in [5.74, 6) is 0. The number of hydrogen-bond donors (Lipinski definition) is 5. The predicted molar refractivity (Wildman–Crippen MR) is 40.9 cm³/mol. The average Bonchev–Trinajstić information content (AvgIpc) is 2.30. The fourth-order valence-electron chi connectivity index (χ4n) is 1.09. The molecule has 1 aliphatic rings. The molecule has 0 saturated carbocycles. The number of aliphatic hydroxyl groups excluding tert-OH is 3. The molecule has 0 aromatic carbocycles. The molecule has 9 heteroatoms. The molecule has 4 atom stereocenters. The van der Waals surface area contributed by atoms with Crippen LogP contribution in [0.2, 0.25) is 0 Å². The minimum absolute atomic E-state index is 0.584. The van der Waals surface area contributed by atoms with Crippen molar-refractivity contribution >= 4 is 7.82 Å². The lowest BCUT2D eigenvalue weighted by Gasteiger charge is -2.15. The summed E-state index contributed by atoms with van der Waals surface area (Å²) in [6.45, 7) is -0.584. The van der Waals surface area contributed by atoms with Crippen LogP contribution in [0.4, 0.5) is 0 Å². The van der Waals surface area contributed by atoms with E-state index in [2.05, 4.69) is 9.26 Å². The molecule has 84 valence electrons. The Kier molecular flexibility index (Phi) is 3.62. The lowest BCUT2D eigenvalue weighted by atomic mass is 10.1. The van der Waals surface area contributed by atoms with Crippen LogP contribution in [-0.4, -0.2) is 56.3 Å². The second kappa shape index (κ2) is 4.21. The third-order valence-corrected chi connectivity index (χ3v) is 2.22. The van der Waals surface area contributed by atoms with Gasteiger partial charge in [-0.25, -0.2) is 4.57 Å². The van der Waals surface area contributed by atoms with Gasteiger partial charge in [0.2, 0.25) is 0 Å². The summed E-state index contributed by atoms with van der Waals surface area (Å²) >= 11 is 0. The highest BCUT2D eigenvalue weighted by Gasteiger charge is 2.45. The van der Waals surface area contributed by atoms with Crippen molar-refractivity contribution in [1.82, 2.24) is 0 Å². The van der Waals surface area contributed by atoms with Gasteiger partial charge in [0.15, 0.2) is 6.29 Å². The smallest absolute Gasteiger partial charge is 0.394 e. The molecule has 1 saturated heterocycles. The Morgan fingerprint density at radius 2 is 1.86 bits per heavy atom. The van der Waals surface area contributed by atoms with E-state index < -0.39 is 39.0 Å². The summed E-state index contributed by atoms with van der Waals surface area (Å²) in [5.41, 5.74) is 0. The van der Waals surface area contributed by atoms with Crippen LogP contribution < -0.4 is 0 Å². The summed E-state index contributed by atoms with van der Waals surface area (Å²) in [6.07, 6.45) is -5.78. The molecule has 1 heterocycles. The van der Waals surface area contributed by atoms with E-state index in [-0.39, 0.29) is 0 Å². The van der Waals surface area contributed by atoms with Crippen molar-refractivity contribution in [3.8, 4) is 0 Å². The van der Waals surface area contributed by atoms with E-state index in [1.807, 2.05) is 0 Å². The maximum absolute atomic E-state index is 10.4. The number of phosphoric ester groups is 1. The van der Waals surface area contributed by atoms with E-state index in [0.29, 0.717) is 0 Å². The number of rotatable bonds is 3. The zero-order valence-corrected chi connectivity index (χ0v) is 7.82. The van der Waals surface area contributed by atoms with E-state index in [1.165, 1.54) is 0 Å². The molecular weight excluding hydrogens is 219 g/mol. The summed E-state index contributed by atoms with van der Waals surface area (Å²) in [6, 6.07) is 0. The predicted octanol–water partition coefficient (Wildman–Crippen LogP) is -2.47. The van der Waals surface area contributed by atoms with Crippen LogP contribution in [0.3, 0.4) is 0 Å². The van der Waals surface area contributed by atoms with Crippen LogP contribution in [0.1, 0.15) is 0 Å². The van der Waals surface area contributed by atoms with Crippen LogP contribution >= 0.6 is 7.82 Å². The monoisotopic (exact) mass is 230 g/mol. The summed E-state index contributed by atoms with van der Waals surface area (Å²) in [7, 11) is -4.79. The van der Waals surface area contributed by atoms with Gasteiger partial charge in [-0.15, -0.1) is 0 Å². The molecule has 14 heavy (non-hydrogen) atoms. The second-order valence-electron chi connectivity index (χ2n) is 2.80. The molecule has 0 unspecified atom stereocenters. The van der Waals surface area contributed by atoms with Gasteiger partial charge < -0.3 is 29.8 Å².